The van der Waals surface area contributed by atoms with Crippen LogP contribution in [0.1, 0.15) is 26.2 Å². The van der Waals surface area contributed by atoms with Crippen LogP contribution in [-0.2, 0) is 4.74 Å². The first kappa shape index (κ1) is 14.2. The first-order valence-electron chi connectivity index (χ1n) is 6.23. The Hall–Kier alpha value is -0.900. The van der Waals surface area contributed by atoms with E-state index in [1.807, 2.05) is 24.3 Å². The van der Waals surface area contributed by atoms with Gasteiger partial charge in [-0.15, -0.1) is 0 Å². The van der Waals surface area contributed by atoms with Crippen molar-refractivity contribution in [3.63, 3.8) is 0 Å². The number of ether oxygens (including phenoxy) is 1. The quantitative estimate of drug-likeness (QED) is 0.720. The van der Waals surface area contributed by atoms with E-state index in [9.17, 15) is 10.2 Å². The molecule has 96 valence electrons. The van der Waals surface area contributed by atoms with E-state index < -0.39 is 18.3 Å². The molecule has 1 heterocycles. The molecule has 1 aliphatic rings. The van der Waals surface area contributed by atoms with Crippen LogP contribution in [0.5, 0.6) is 0 Å². The molecule has 3 unspecified atom stereocenters. The summed E-state index contributed by atoms with van der Waals surface area (Å²) in [5.41, 5.74) is 0. The molecule has 3 atom stereocenters. The Morgan fingerprint density at radius 3 is 2.71 bits per heavy atom. The summed E-state index contributed by atoms with van der Waals surface area (Å²) in [5.74, 6) is 0. The summed E-state index contributed by atoms with van der Waals surface area (Å²) in [6, 6.07) is 0. The van der Waals surface area contributed by atoms with E-state index >= 15 is 0 Å². The Morgan fingerprint density at radius 2 is 1.94 bits per heavy atom. The first-order chi connectivity index (χ1) is 8.25. The molecule has 1 fully saturated rings. The van der Waals surface area contributed by atoms with Crippen LogP contribution in [-0.4, -0.2) is 35.1 Å². The summed E-state index contributed by atoms with van der Waals surface area (Å²) >= 11 is 0. The van der Waals surface area contributed by atoms with Gasteiger partial charge in [-0.1, -0.05) is 49.8 Å². The van der Waals surface area contributed by atoms with E-state index in [2.05, 4.69) is 13.0 Å². The Labute approximate surface area is 103 Å². The number of allylic oxidation sites excluding steroid dienone is 5. The highest BCUT2D eigenvalue weighted by atomic mass is 16.5. The predicted octanol–water partition coefficient (Wildman–Crippen LogP) is 1.97. The van der Waals surface area contributed by atoms with Gasteiger partial charge in [-0.05, 0) is 12.8 Å². The van der Waals surface area contributed by atoms with Crippen molar-refractivity contribution in [3.05, 3.63) is 36.5 Å². The van der Waals surface area contributed by atoms with Crippen molar-refractivity contribution in [2.75, 3.05) is 6.61 Å². The number of hydrogen-bond donors (Lipinski definition) is 2. The van der Waals surface area contributed by atoms with Crippen molar-refractivity contribution in [3.8, 4) is 0 Å². The van der Waals surface area contributed by atoms with Crippen LogP contribution in [0, 0.1) is 0 Å². The maximum absolute atomic E-state index is 9.65. The Balaban J connectivity index is 2.32. The molecule has 0 aromatic heterocycles. The van der Waals surface area contributed by atoms with E-state index in [4.69, 9.17) is 4.74 Å². The number of aliphatic hydroxyl groups excluding tert-OH is 2. The van der Waals surface area contributed by atoms with Crippen LogP contribution in [0.25, 0.3) is 0 Å². The molecule has 3 nitrogen and oxygen atoms in total. The first-order valence-corrected chi connectivity index (χ1v) is 6.23. The van der Waals surface area contributed by atoms with Gasteiger partial charge in [0.1, 0.15) is 12.2 Å². The molecular formula is C14H22O3. The summed E-state index contributed by atoms with van der Waals surface area (Å²) in [6.07, 6.45) is 12.4. The molecule has 0 aromatic carbocycles. The standard InChI is InChI=1S/C14H22O3/c1-2-3-4-5-6-7-8-9-13-14(16)12(15)10-11-17-13/h4-9,12-16H,2-3,10-11H2,1H3. The fourth-order valence-corrected chi connectivity index (χ4v) is 1.63. The summed E-state index contributed by atoms with van der Waals surface area (Å²) in [6.45, 7) is 2.63. The lowest BCUT2D eigenvalue weighted by atomic mass is 10.0. The van der Waals surface area contributed by atoms with Crippen molar-refractivity contribution >= 4 is 0 Å². The number of aliphatic hydroxyl groups is 2. The molecule has 0 radical (unpaired) electrons. The summed E-state index contributed by atoms with van der Waals surface area (Å²) in [4.78, 5) is 0. The van der Waals surface area contributed by atoms with Gasteiger partial charge in [0.15, 0.2) is 0 Å². The molecule has 1 aliphatic heterocycles. The van der Waals surface area contributed by atoms with Gasteiger partial charge in [0.25, 0.3) is 0 Å². The molecule has 3 heteroatoms. The second-order valence-electron chi connectivity index (χ2n) is 4.17. The van der Waals surface area contributed by atoms with Crippen molar-refractivity contribution in [2.45, 2.75) is 44.5 Å². The highest BCUT2D eigenvalue weighted by Gasteiger charge is 2.29. The Kier molecular flexibility index (Phi) is 6.86. The van der Waals surface area contributed by atoms with Crippen molar-refractivity contribution in [1.29, 1.82) is 0 Å². The Morgan fingerprint density at radius 1 is 1.18 bits per heavy atom. The Bertz CT molecular complexity index is 281. The average molecular weight is 238 g/mol. The minimum Gasteiger partial charge on any atom is -0.390 e. The number of hydrogen-bond acceptors (Lipinski definition) is 3. The minimum atomic E-state index is -0.816. The monoisotopic (exact) mass is 238 g/mol. The predicted molar refractivity (Wildman–Crippen MR) is 68.7 cm³/mol. The van der Waals surface area contributed by atoms with E-state index in [1.54, 1.807) is 6.08 Å². The lowest BCUT2D eigenvalue weighted by molar-refractivity contribution is -0.116. The lowest BCUT2D eigenvalue weighted by Gasteiger charge is -2.29. The SMILES string of the molecule is CCCC=CC=CC=CC1OCCC(O)C1O. The molecule has 0 spiro atoms. The zero-order valence-corrected chi connectivity index (χ0v) is 10.3. The topological polar surface area (TPSA) is 49.7 Å². The zero-order valence-electron chi connectivity index (χ0n) is 10.3. The molecule has 0 amide bonds. The van der Waals surface area contributed by atoms with Gasteiger partial charge in [0.05, 0.1) is 12.7 Å². The van der Waals surface area contributed by atoms with Crippen molar-refractivity contribution in [2.24, 2.45) is 0 Å². The molecule has 0 saturated carbocycles. The van der Waals surface area contributed by atoms with Gasteiger partial charge >= 0.3 is 0 Å². The molecule has 0 aromatic rings. The van der Waals surface area contributed by atoms with Crippen molar-refractivity contribution in [1.82, 2.24) is 0 Å². The van der Waals surface area contributed by atoms with Crippen LogP contribution in [0.3, 0.4) is 0 Å². The van der Waals surface area contributed by atoms with E-state index in [1.165, 1.54) is 0 Å². The zero-order chi connectivity index (χ0) is 12.5. The van der Waals surface area contributed by atoms with Gasteiger partial charge in [0.2, 0.25) is 0 Å². The lowest BCUT2D eigenvalue weighted by Crippen LogP contribution is -2.43. The molecule has 0 bridgehead atoms. The van der Waals surface area contributed by atoms with Crippen LogP contribution in [0.4, 0.5) is 0 Å². The van der Waals surface area contributed by atoms with Crippen LogP contribution in [0.2, 0.25) is 0 Å². The van der Waals surface area contributed by atoms with Gasteiger partial charge in [0, 0.05) is 0 Å². The molecular weight excluding hydrogens is 216 g/mol. The highest BCUT2D eigenvalue weighted by Crippen LogP contribution is 2.15. The average Bonchev–Trinajstić information content (AvgIpc) is 2.33. The van der Waals surface area contributed by atoms with E-state index in [-0.39, 0.29) is 0 Å². The summed E-state index contributed by atoms with van der Waals surface area (Å²) in [5, 5.41) is 19.1. The maximum Gasteiger partial charge on any atom is 0.110 e. The normalized spacial score (nSPS) is 30.9. The van der Waals surface area contributed by atoms with E-state index in [0.29, 0.717) is 13.0 Å². The van der Waals surface area contributed by atoms with Gasteiger partial charge < -0.3 is 14.9 Å². The number of unbranched alkanes of at least 4 members (excludes halogenated alkanes) is 1. The fourth-order valence-electron chi connectivity index (χ4n) is 1.63. The second-order valence-corrected chi connectivity index (χ2v) is 4.17. The maximum atomic E-state index is 9.65. The third kappa shape index (κ3) is 5.31. The second kappa shape index (κ2) is 8.23. The molecule has 1 rings (SSSR count). The summed E-state index contributed by atoms with van der Waals surface area (Å²) in [7, 11) is 0. The third-order valence-electron chi connectivity index (χ3n) is 2.68. The van der Waals surface area contributed by atoms with Gasteiger partial charge in [-0.3, -0.25) is 0 Å². The van der Waals surface area contributed by atoms with Crippen LogP contribution >= 0.6 is 0 Å². The van der Waals surface area contributed by atoms with Crippen molar-refractivity contribution < 1.29 is 14.9 Å². The van der Waals surface area contributed by atoms with Gasteiger partial charge in [-0.25, -0.2) is 0 Å². The minimum absolute atomic E-state index is 0.400. The van der Waals surface area contributed by atoms with Gasteiger partial charge in [-0.2, -0.15) is 0 Å². The fraction of sp³-hybridized carbons (Fsp3) is 0.571. The number of rotatable bonds is 5. The van der Waals surface area contributed by atoms with Crippen LogP contribution < -0.4 is 0 Å². The molecule has 17 heavy (non-hydrogen) atoms. The summed E-state index contributed by atoms with van der Waals surface area (Å²) < 4.78 is 5.36. The highest BCUT2D eigenvalue weighted by molar-refractivity contribution is 5.13. The molecule has 1 saturated heterocycles. The molecule has 0 aliphatic carbocycles. The van der Waals surface area contributed by atoms with E-state index in [0.717, 1.165) is 12.8 Å². The smallest absolute Gasteiger partial charge is 0.110 e. The third-order valence-corrected chi connectivity index (χ3v) is 2.68. The van der Waals surface area contributed by atoms with Crippen LogP contribution in [0.15, 0.2) is 36.5 Å². The largest absolute Gasteiger partial charge is 0.390 e. The molecule has 2 N–H and O–H groups in total.